The Morgan fingerprint density at radius 1 is 1.20 bits per heavy atom. The van der Waals surface area contributed by atoms with Crippen molar-refractivity contribution in [3.05, 3.63) is 53.6 Å². The lowest BCUT2D eigenvalue weighted by Crippen LogP contribution is -2.41. The summed E-state index contributed by atoms with van der Waals surface area (Å²) in [4.78, 5) is 18.6. The van der Waals surface area contributed by atoms with Crippen molar-refractivity contribution in [2.75, 3.05) is 19.3 Å². The molecule has 1 aliphatic rings. The maximum atomic E-state index is 13.8. The summed E-state index contributed by atoms with van der Waals surface area (Å²) in [7, 11) is -3.40. The number of likely N-dealkylation sites (tertiary alicyclic amines) is 1. The average molecular weight is 453 g/mol. The number of ether oxygens (including phenoxy) is 1. The molecule has 1 amide bonds. The Labute approximate surface area is 176 Å². The first kappa shape index (κ1) is 20.7. The van der Waals surface area contributed by atoms with Crippen LogP contribution in [-0.4, -0.2) is 49.7 Å². The number of sulfone groups is 1. The second-order valence-corrected chi connectivity index (χ2v) is 10.1. The van der Waals surface area contributed by atoms with Crippen LogP contribution in [0.3, 0.4) is 0 Å². The van der Waals surface area contributed by atoms with Crippen molar-refractivity contribution in [3.63, 3.8) is 0 Å². The lowest BCUT2D eigenvalue weighted by Gasteiger charge is -2.31. The first-order valence-electron chi connectivity index (χ1n) is 9.22. The molecule has 0 bridgehead atoms. The molecule has 0 atom stereocenters. The number of benzene rings is 2. The molecule has 1 aromatic heterocycles. The SMILES string of the molecule is CS(=O)(=O)c1cccc(C(=O)N2CCC(Oc3nc4c(F)cc(F)cc4s3)CC2)c1. The highest BCUT2D eigenvalue weighted by Crippen LogP contribution is 2.32. The number of halogens is 2. The third-order valence-corrected chi connectivity index (χ3v) is 6.90. The van der Waals surface area contributed by atoms with E-state index in [-0.39, 0.29) is 27.6 Å². The van der Waals surface area contributed by atoms with Crippen molar-refractivity contribution in [1.82, 2.24) is 9.88 Å². The fraction of sp³-hybridized carbons (Fsp3) is 0.300. The number of thiazole rings is 1. The monoisotopic (exact) mass is 452 g/mol. The Morgan fingerprint density at radius 3 is 2.63 bits per heavy atom. The van der Waals surface area contributed by atoms with E-state index in [0.717, 1.165) is 23.7 Å². The molecule has 0 aliphatic carbocycles. The van der Waals surface area contributed by atoms with Crippen molar-refractivity contribution in [1.29, 1.82) is 0 Å². The van der Waals surface area contributed by atoms with Gasteiger partial charge < -0.3 is 9.64 Å². The van der Waals surface area contributed by atoms with E-state index >= 15 is 0 Å². The highest BCUT2D eigenvalue weighted by molar-refractivity contribution is 7.90. The second kappa shape index (κ2) is 7.92. The summed E-state index contributed by atoms with van der Waals surface area (Å²) in [5.74, 6) is -1.63. The van der Waals surface area contributed by atoms with Crippen molar-refractivity contribution in [2.24, 2.45) is 0 Å². The maximum absolute atomic E-state index is 13.8. The lowest BCUT2D eigenvalue weighted by molar-refractivity contribution is 0.0595. The molecular formula is C20H18F2N2O4S2. The van der Waals surface area contributed by atoms with Crippen LogP contribution in [0, 0.1) is 11.6 Å². The first-order chi connectivity index (χ1) is 14.2. The second-order valence-electron chi connectivity index (χ2n) is 7.12. The molecule has 0 spiro atoms. The van der Waals surface area contributed by atoms with Crippen molar-refractivity contribution < 1.29 is 26.7 Å². The van der Waals surface area contributed by atoms with E-state index < -0.39 is 21.5 Å². The van der Waals surface area contributed by atoms with Crippen LogP contribution in [0.5, 0.6) is 5.19 Å². The van der Waals surface area contributed by atoms with E-state index in [1.54, 1.807) is 17.0 Å². The van der Waals surface area contributed by atoms with Crippen molar-refractivity contribution in [3.8, 4) is 5.19 Å². The van der Waals surface area contributed by atoms with Gasteiger partial charge in [0, 0.05) is 43.8 Å². The lowest BCUT2D eigenvalue weighted by atomic mass is 10.1. The minimum atomic E-state index is -3.40. The minimum absolute atomic E-state index is 0.0785. The average Bonchev–Trinajstić information content (AvgIpc) is 3.10. The van der Waals surface area contributed by atoms with E-state index in [2.05, 4.69) is 4.98 Å². The van der Waals surface area contributed by atoms with E-state index in [9.17, 15) is 22.0 Å². The third kappa shape index (κ3) is 4.29. The first-order valence-corrected chi connectivity index (χ1v) is 11.9. The van der Waals surface area contributed by atoms with Gasteiger partial charge in [0.25, 0.3) is 11.1 Å². The third-order valence-electron chi connectivity index (χ3n) is 4.90. The Kier molecular flexibility index (Phi) is 5.46. The number of fused-ring (bicyclic) bond motifs is 1. The molecule has 2 heterocycles. The summed E-state index contributed by atoms with van der Waals surface area (Å²) >= 11 is 1.08. The highest BCUT2D eigenvalue weighted by atomic mass is 32.2. The van der Waals surface area contributed by atoms with Crippen molar-refractivity contribution >= 4 is 37.3 Å². The molecule has 1 saturated heterocycles. The quantitative estimate of drug-likeness (QED) is 0.604. The summed E-state index contributed by atoms with van der Waals surface area (Å²) in [6.07, 6.45) is 1.99. The molecule has 1 aliphatic heterocycles. The van der Waals surface area contributed by atoms with Crippen molar-refractivity contribution in [2.45, 2.75) is 23.8 Å². The maximum Gasteiger partial charge on any atom is 0.274 e. The highest BCUT2D eigenvalue weighted by Gasteiger charge is 2.26. The predicted octanol–water partition coefficient (Wildman–Crippen LogP) is 3.66. The van der Waals surface area contributed by atoms with Gasteiger partial charge in [-0.2, -0.15) is 4.98 Å². The molecule has 0 saturated carbocycles. The topological polar surface area (TPSA) is 76.6 Å². The number of hydrogen-bond donors (Lipinski definition) is 0. The number of rotatable bonds is 4. The molecule has 30 heavy (non-hydrogen) atoms. The fourth-order valence-corrected chi connectivity index (χ4v) is 4.94. The number of carbonyl (C=O) groups is 1. The van der Waals surface area contributed by atoms with Gasteiger partial charge >= 0.3 is 0 Å². The molecular weight excluding hydrogens is 434 g/mol. The van der Waals surface area contributed by atoms with Crippen LogP contribution in [0.25, 0.3) is 10.2 Å². The normalized spacial score (nSPS) is 15.5. The van der Waals surface area contributed by atoms with Crippen LogP contribution in [0.1, 0.15) is 23.2 Å². The van der Waals surface area contributed by atoms with Gasteiger partial charge in [-0.15, -0.1) is 0 Å². The molecule has 6 nitrogen and oxygen atoms in total. The number of carbonyl (C=O) groups excluding carboxylic acids is 1. The molecule has 4 rings (SSSR count). The largest absolute Gasteiger partial charge is 0.467 e. The van der Waals surface area contributed by atoms with Crippen LogP contribution in [0.2, 0.25) is 0 Å². The summed E-state index contributed by atoms with van der Waals surface area (Å²) in [6, 6.07) is 7.99. The van der Waals surface area contributed by atoms with Crippen LogP contribution in [-0.2, 0) is 9.84 Å². The van der Waals surface area contributed by atoms with Gasteiger partial charge in [-0.1, -0.05) is 17.4 Å². The van der Waals surface area contributed by atoms with Gasteiger partial charge in [0.15, 0.2) is 15.7 Å². The number of hydrogen-bond acceptors (Lipinski definition) is 6. The number of aromatic nitrogens is 1. The van der Waals surface area contributed by atoms with E-state index in [0.29, 0.717) is 36.2 Å². The summed E-state index contributed by atoms with van der Waals surface area (Å²) < 4.78 is 56.8. The zero-order chi connectivity index (χ0) is 21.5. The van der Waals surface area contributed by atoms with Gasteiger partial charge in [-0.25, -0.2) is 17.2 Å². The van der Waals surface area contributed by atoms with E-state index in [1.165, 1.54) is 18.2 Å². The Morgan fingerprint density at radius 2 is 1.93 bits per heavy atom. The van der Waals surface area contributed by atoms with Gasteiger partial charge in [0.05, 0.1) is 9.60 Å². The van der Waals surface area contributed by atoms with Gasteiger partial charge in [0.2, 0.25) is 0 Å². The van der Waals surface area contributed by atoms with E-state index in [1.807, 2.05) is 0 Å². The van der Waals surface area contributed by atoms with Crippen LogP contribution in [0.4, 0.5) is 8.78 Å². The molecule has 3 aromatic rings. The van der Waals surface area contributed by atoms with Crippen LogP contribution < -0.4 is 4.74 Å². The molecule has 2 aromatic carbocycles. The molecule has 1 fully saturated rings. The zero-order valence-corrected chi connectivity index (χ0v) is 17.6. The summed E-state index contributed by atoms with van der Waals surface area (Å²) in [5.41, 5.74) is 0.399. The molecule has 0 unspecified atom stereocenters. The van der Waals surface area contributed by atoms with Crippen LogP contribution in [0.15, 0.2) is 41.3 Å². The van der Waals surface area contributed by atoms with Crippen LogP contribution >= 0.6 is 11.3 Å². The minimum Gasteiger partial charge on any atom is -0.467 e. The van der Waals surface area contributed by atoms with E-state index in [4.69, 9.17) is 4.74 Å². The van der Waals surface area contributed by atoms with Gasteiger partial charge in [-0.3, -0.25) is 4.79 Å². The predicted molar refractivity (Wildman–Crippen MR) is 109 cm³/mol. The number of amides is 1. The Balaban J connectivity index is 1.40. The fourth-order valence-electron chi connectivity index (χ4n) is 3.35. The van der Waals surface area contributed by atoms with Gasteiger partial charge in [0.1, 0.15) is 17.4 Å². The summed E-state index contributed by atoms with van der Waals surface area (Å²) in [5, 5.41) is 0.264. The molecule has 10 heteroatoms. The summed E-state index contributed by atoms with van der Waals surface area (Å²) in [6.45, 7) is 0.862. The Bertz CT molecular complexity index is 1220. The van der Waals surface area contributed by atoms with Gasteiger partial charge in [-0.05, 0) is 24.3 Å². The number of piperidine rings is 1. The molecule has 158 valence electrons. The molecule has 0 radical (unpaired) electrons. The zero-order valence-electron chi connectivity index (χ0n) is 16.0. The standard InChI is InChI=1S/C20H18F2N2O4S2/c1-30(26,27)15-4-2-3-12(9-15)19(25)24-7-5-14(6-8-24)28-20-23-18-16(22)10-13(21)11-17(18)29-20/h2-4,9-11,14H,5-8H2,1H3. The smallest absolute Gasteiger partial charge is 0.274 e. The number of nitrogens with zero attached hydrogens (tertiary/aromatic N) is 2. The molecule has 0 N–H and O–H groups in total. The Hall–Kier alpha value is -2.59.